The van der Waals surface area contributed by atoms with Crippen LogP contribution in [-0.2, 0) is 22.3 Å². The molecule has 2 unspecified atom stereocenters. The van der Waals surface area contributed by atoms with Crippen LogP contribution in [0, 0.1) is 11.8 Å². The topological polar surface area (TPSA) is 28.3 Å². The Labute approximate surface area is 300 Å². The molecule has 2 fully saturated rings. The van der Waals surface area contributed by atoms with Gasteiger partial charge < -0.3 is 18.6 Å². The highest BCUT2D eigenvalue weighted by molar-refractivity contribution is 7.25. The number of benzene rings is 6. The van der Waals surface area contributed by atoms with Crippen molar-refractivity contribution in [2.24, 2.45) is 11.8 Å². The molecule has 2 aliphatic rings. The smallest absolute Gasteiger partial charge is 0.0543 e. The molecular weight excluding hydrogens is 645 g/mol. The Morgan fingerprint density at radius 2 is 0.941 bits per heavy atom. The number of hydrogen-bond donors (Lipinski definition) is 0. The molecule has 2 atom stereocenters. The van der Waals surface area contributed by atoms with E-state index in [1.54, 1.807) is 0 Å². The van der Waals surface area contributed by atoms with E-state index in [9.17, 15) is 0 Å². The van der Waals surface area contributed by atoms with Gasteiger partial charge in [-0.2, -0.15) is 0 Å². The molecule has 2 saturated heterocycles. The normalized spacial score (nSPS) is 18.1. The zero-order valence-corrected chi connectivity index (χ0v) is 29.3. The molecule has 250 valence electrons. The van der Waals surface area contributed by atoms with Gasteiger partial charge in [-0.1, -0.05) is 60.7 Å². The lowest BCUT2D eigenvalue weighted by atomic mass is 9.98. The maximum absolute atomic E-state index is 5.72. The summed E-state index contributed by atoms with van der Waals surface area (Å²) >= 11 is 1.89. The van der Waals surface area contributed by atoms with Crippen LogP contribution < -0.4 is 0 Å². The lowest BCUT2D eigenvalue weighted by Gasteiger charge is -2.12. The van der Waals surface area contributed by atoms with Gasteiger partial charge in [0.15, 0.2) is 0 Å². The van der Waals surface area contributed by atoms with Crippen molar-refractivity contribution in [1.82, 2.24) is 9.13 Å². The fourth-order valence-corrected chi connectivity index (χ4v) is 10.1. The molecule has 0 spiro atoms. The predicted molar refractivity (Wildman–Crippen MR) is 213 cm³/mol. The van der Waals surface area contributed by atoms with Crippen LogP contribution in [0.15, 0.2) is 121 Å². The Kier molecular flexibility index (Phi) is 6.89. The summed E-state index contributed by atoms with van der Waals surface area (Å²) in [5.74, 6) is 1.21. The van der Waals surface area contributed by atoms with Crippen molar-refractivity contribution in [3.05, 3.63) is 132 Å². The molecule has 3 aromatic heterocycles. The van der Waals surface area contributed by atoms with E-state index in [1.807, 2.05) is 11.3 Å². The molecule has 5 heteroatoms. The molecule has 11 rings (SSSR count). The largest absolute Gasteiger partial charge is 0.381 e. The van der Waals surface area contributed by atoms with Gasteiger partial charge in [-0.25, -0.2) is 0 Å². The molecule has 51 heavy (non-hydrogen) atoms. The standard InChI is InChI=1S/C46H38N2O2S/c1-3-7-41-35(5-1)37-13-9-29(21-31-17-19-49-27-31)23-43(37)47(41)33-11-15-45-39(25-33)40-26-34(12-16-46(40)51-45)48-42-8-4-2-6-36(42)38-14-10-30(24-44(38)48)22-32-18-20-50-28-32/h1-16,23-26,31-32H,17-22,27-28H2. The first-order chi connectivity index (χ1) is 25.2. The van der Waals surface area contributed by atoms with Gasteiger partial charge in [0, 0.05) is 79.5 Å². The summed E-state index contributed by atoms with van der Waals surface area (Å²) in [6, 6.07) is 46.0. The lowest BCUT2D eigenvalue weighted by Crippen LogP contribution is -2.03. The second-order valence-electron chi connectivity index (χ2n) is 14.7. The quantitative estimate of drug-likeness (QED) is 0.175. The third-order valence-electron chi connectivity index (χ3n) is 11.5. The Morgan fingerprint density at radius 3 is 1.41 bits per heavy atom. The van der Waals surface area contributed by atoms with E-state index in [2.05, 4.69) is 130 Å². The molecule has 2 aliphatic heterocycles. The fraction of sp³-hybridized carbons (Fsp3) is 0.217. The highest BCUT2D eigenvalue weighted by atomic mass is 32.1. The van der Waals surface area contributed by atoms with Crippen LogP contribution in [0.25, 0.3) is 75.2 Å². The third-order valence-corrected chi connectivity index (χ3v) is 12.7. The van der Waals surface area contributed by atoms with Gasteiger partial charge in [-0.3, -0.25) is 0 Å². The van der Waals surface area contributed by atoms with Gasteiger partial charge in [-0.15, -0.1) is 11.3 Å². The zero-order valence-electron chi connectivity index (χ0n) is 28.5. The summed E-state index contributed by atoms with van der Waals surface area (Å²) in [6.07, 6.45) is 4.43. The van der Waals surface area contributed by atoms with E-state index in [1.165, 1.54) is 86.3 Å². The molecule has 0 radical (unpaired) electrons. The third kappa shape index (κ3) is 4.86. The van der Waals surface area contributed by atoms with Gasteiger partial charge in [0.25, 0.3) is 0 Å². The Balaban J connectivity index is 1.08. The van der Waals surface area contributed by atoms with Crippen molar-refractivity contribution in [1.29, 1.82) is 0 Å². The number of thiophene rings is 1. The highest BCUT2D eigenvalue weighted by Crippen LogP contribution is 2.41. The number of aromatic nitrogens is 2. The minimum absolute atomic E-state index is 0.603. The molecule has 6 aromatic carbocycles. The van der Waals surface area contributed by atoms with Crippen LogP contribution in [-0.4, -0.2) is 35.6 Å². The van der Waals surface area contributed by atoms with E-state index >= 15 is 0 Å². The number of nitrogens with zero attached hydrogens (tertiary/aromatic N) is 2. The summed E-state index contributed by atoms with van der Waals surface area (Å²) in [4.78, 5) is 0. The zero-order chi connectivity index (χ0) is 33.5. The van der Waals surface area contributed by atoms with E-state index in [0.717, 1.165) is 52.1 Å². The number of para-hydroxylation sites is 2. The van der Waals surface area contributed by atoms with Crippen molar-refractivity contribution in [2.75, 3.05) is 26.4 Å². The van der Waals surface area contributed by atoms with Crippen LogP contribution in [0.3, 0.4) is 0 Å². The molecule has 0 N–H and O–H groups in total. The molecule has 4 nitrogen and oxygen atoms in total. The maximum atomic E-state index is 5.72. The van der Waals surface area contributed by atoms with Gasteiger partial charge in [0.2, 0.25) is 0 Å². The first-order valence-corrected chi connectivity index (χ1v) is 19.2. The van der Waals surface area contributed by atoms with Crippen LogP contribution in [0.1, 0.15) is 24.0 Å². The van der Waals surface area contributed by atoms with Gasteiger partial charge in [0.05, 0.1) is 22.1 Å². The first kappa shape index (κ1) is 29.8. The number of rotatable bonds is 6. The monoisotopic (exact) mass is 682 g/mol. The number of hydrogen-bond acceptors (Lipinski definition) is 3. The van der Waals surface area contributed by atoms with Gasteiger partial charge in [0.1, 0.15) is 0 Å². The molecular formula is C46H38N2O2S. The highest BCUT2D eigenvalue weighted by Gasteiger charge is 2.21. The Morgan fingerprint density at radius 1 is 0.471 bits per heavy atom. The number of fused-ring (bicyclic) bond motifs is 9. The summed E-state index contributed by atoms with van der Waals surface area (Å²) in [5, 5.41) is 7.82. The van der Waals surface area contributed by atoms with Crippen LogP contribution in [0.5, 0.6) is 0 Å². The SMILES string of the molecule is c1ccc2c(c1)c1ccc(CC3CCOC3)cc1n2-c1ccc2sc3ccc(-n4c5ccccc5c5ccc(CC6CCOC6)cc54)cc3c2c1. The molecule has 0 amide bonds. The van der Waals surface area contributed by atoms with Gasteiger partial charge >= 0.3 is 0 Å². The summed E-state index contributed by atoms with van der Waals surface area (Å²) in [5.41, 5.74) is 10.2. The van der Waals surface area contributed by atoms with Crippen molar-refractivity contribution >= 4 is 75.1 Å². The second-order valence-corrected chi connectivity index (χ2v) is 15.8. The molecule has 5 heterocycles. The number of ether oxygens (including phenoxy) is 2. The predicted octanol–water partition coefficient (Wildman–Crippen LogP) is 11.4. The van der Waals surface area contributed by atoms with E-state index < -0.39 is 0 Å². The molecule has 9 aromatic rings. The molecule has 0 saturated carbocycles. The molecule has 0 aliphatic carbocycles. The van der Waals surface area contributed by atoms with Crippen LogP contribution >= 0.6 is 11.3 Å². The minimum atomic E-state index is 0.603. The van der Waals surface area contributed by atoms with Gasteiger partial charge in [-0.05, 0) is 109 Å². The Hall–Kier alpha value is -4.94. The maximum Gasteiger partial charge on any atom is 0.0543 e. The average molecular weight is 683 g/mol. The molecule has 0 bridgehead atoms. The summed E-state index contributed by atoms with van der Waals surface area (Å²) in [7, 11) is 0. The summed E-state index contributed by atoms with van der Waals surface area (Å²) in [6.45, 7) is 3.52. The van der Waals surface area contributed by atoms with E-state index in [0.29, 0.717) is 11.8 Å². The van der Waals surface area contributed by atoms with Crippen molar-refractivity contribution in [2.45, 2.75) is 25.7 Å². The van der Waals surface area contributed by atoms with Crippen molar-refractivity contribution < 1.29 is 9.47 Å². The average Bonchev–Trinajstić information content (AvgIpc) is 4.01. The Bertz CT molecular complexity index is 2600. The van der Waals surface area contributed by atoms with E-state index in [4.69, 9.17) is 9.47 Å². The first-order valence-electron chi connectivity index (χ1n) is 18.4. The minimum Gasteiger partial charge on any atom is -0.381 e. The second kappa shape index (κ2) is 11.8. The van der Waals surface area contributed by atoms with E-state index in [-0.39, 0.29) is 0 Å². The summed E-state index contributed by atoms with van der Waals surface area (Å²) < 4.78 is 19.0. The van der Waals surface area contributed by atoms with Crippen LogP contribution in [0.4, 0.5) is 0 Å². The van der Waals surface area contributed by atoms with Crippen molar-refractivity contribution in [3.63, 3.8) is 0 Å². The van der Waals surface area contributed by atoms with Crippen LogP contribution in [0.2, 0.25) is 0 Å². The fourth-order valence-electron chi connectivity index (χ4n) is 9.03. The lowest BCUT2D eigenvalue weighted by molar-refractivity contribution is 0.186. The van der Waals surface area contributed by atoms with Crippen molar-refractivity contribution in [3.8, 4) is 11.4 Å².